The highest BCUT2D eigenvalue weighted by molar-refractivity contribution is 7.35. The van der Waals surface area contributed by atoms with Crippen molar-refractivity contribution in [2.75, 3.05) is 13.2 Å². The van der Waals surface area contributed by atoms with Gasteiger partial charge in [-0.3, -0.25) is 9.59 Å². The van der Waals surface area contributed by atoms with Crippen LogP contribution in [-0.2, 0) is 12.8 Å². The summed E-state index contributed by atoms with van der Waals surface area (Å²) < 4.78 is 22.1. The van der Waals surface area contributed by atoms with E-state index in [4.69, 9.17) is 9.47 Å². The van der Waals surface area contributed by atoms with E-state index in [1.54, 1.807) is 22.7 Å². The third-order valence-electron chi connectivity index (χ3n) is 22.5. The van der Waals surface area contributed by atoms with Crippen molar-refractivity contribution in [3.05, 3.63) is 89.9 Å². The molecule has 0 saturated carbocycles. The molecule has 0 aliphatic rings. The zero-order valence-corrected chi connectivity index (χ0v) is 72.9. The van der Waals surface area contributed by atoms with E-state index < -0.39 is 0 Å². The second-order valence-electron chi connectivity index (χ2n) is 30.0. The van der Waals surface area contributed by atoms with Crippen LogP contribution in [0.5, 0.6) is 11.5 Å². The van der Waals surface area contributed by atoms with Crippen LogP contribution in [0.4, 0.5) is 0 Å². The summed E-state index contributed by atoms with van der Waals surface area (Å²) in [7, 11) is 0. The van der Waals surface area contributed by atoms with E-state index in [0.717, 1.165) is 104 Å². The lowest BCUT2D eigenvalue weighted by atomic mass is 9.94. The van der Waals surface area contributed by atoms with Gasteiger partial charge in [0.05, 0.1) is 56.4 Å². The van der Waals surface area contributed by atoms with Gasteiger partial charge in [0.1, 0.15) is 11.5 Å². The maximum Gasteiger partial charge on any atom is 0.175 e. The Bertz CT molecular complexity index is 4650. The Labute approximate surface area is 662 Å². The van der Waals surface area contributed by atoms with Crippen LogP contribution >= 0.6 is 113 Å². The number of Topliss-reactive ketones (excluding diaryl/α,β-unsaturated/α-hetero) is 2. The highest BCUT2D eigenvalue weighted by Gasteiger charge is 2.32. The zero-order chi connectivity index (χ0) is 73.3. The van der Waals surface area contributed by atoms with Crippen molar-refractivity contribution in [3.8, 4) is 61.6 Å². The molecule has 10 heterocycles. The summed E-state index contributed by atoms with van der Waals surface area (Å²) in [5, 5.41) is 7.40. The number of fused-ring (bicyclic) bond motifs is 6. The van der Waals surface area contributed by atoms with Gasteiger partial charge in [0.25, 0.3) is 0 Å². The molecule has 0 amide bonds. The summed E-state index contributed by atoms with van der Waals surface area (Å²) >= 11 is 19.1. The number of unbranched alkanes of at least 4 members (excludes halogenated alkanes) is 6. The summed E-state index contributed by atoms with van der Waals surface area (Å²) in [5.41, 5.74) is 2.70. The van der Waals surface area contributed by atoms with E-state index in [-0.39, 0.29) is 11.8 Å². The minimum absolute atomic E-state index is 0.0124. The second kappa shape index (κ2) is 37.1. The van der Waals surface area contributed by atoms with Gasteiger partial charge in [-0.05, 0) is 150 Å². The quantitative estimate of drug-likeness (QED) is 0.0358. The average Bonchev–Trinajstić information content (AvgIpc) is 1.55. The van der Waals surface area contributed by atoms with Crippen LogP contribution in [0.2, 0.25) is 0 Å². The number of ketones is 2. The Morgan fingerprint density at radius 2 is 0.731 bits per heavy atom. The molecule has 0 saturated heterocycles. The predicted molar refractivity (Wildman–Crippen MR) is 474 cm³/mol. The summed E-state index contributed by atoms with van der Waals surface area (Å²) in [4.78, 5) is 47.3. The van der Waals surface area contributed by atoms with E-state index in [2.05, 4.69) is 158 Å². The number of carbonyl (C=O) groups excluding carboxylic acids is 2. The number of hydrogen-bond acceptors (Lipinski definition) is 14. The van der Waals surface area contributed by atoms with Gasteiger partial charge in [0.15, 0.2) is 11.6 Å². The molecule has 0 radical (unpaired) electrons. The van der Waals surface area contributed by atoms with Crippen molar-refractivity contribution < 1.29 is 19.1 Å². The van der Waals surface area contributed by atoms with Crippen LogP contribution in [0.3, 0.4) is 0 Å². The van der Waals surface area contributed by atoms with Gasteiger partial charge in [-0.25, -0.2) is 0 Å². The Kier molecular flexibility index (Phi) is 28.4. The molecule has 104 heavy (non-hydrogen) atoms. The molecule has 4 nitrogen and oxygen atoms in total. The number of rotatable bonds is 43. The molecule has 12 rings (SSSR count). The fraction of sp³-hybridized carbons (Fsp3) is 0.533. The summed E-state index contributed by atoms with van der Waals surface area (Å²) in [6, 6.07) is 24.4. The molecule has 0 spiro atoms. The lowest BCUT2D eigenvalue weighted by Gasteiger charge is -2.19. The van der Waals surface area contributed by atoms with Crippen LogP contribution in [-0.4, -0.2) is 24.8 Å². The molecule has 0 bridgehead atoms. The van der Waals surface area contributed by atoms with Gasteiger partial charge in [-0.15, -0.1) is 113 Å². The van der Waals surface area contributed by atoms with E-state index in [1.807, 2.05) is 90.7 Å². The summed E-state index contributed by atoms with van der Waals surface area (Å²) in [6.45, 7) is 33.5. The number of hydrogen-bond donors (Lipinski definition) is 0. The Morgan fingerprint density at radius 3 is 1.19 bits per heavy atom. The van der Waals surface area contributed by atoms with Crippen molar-refractivity contribution in [2.24, 2.45) is 35.5 Å². The topological polar surface area (TPSA) is 52.6 Å². The van der Waals surface area contributed by atoms with E-state index >= 15 is 4.79 Å². The molecule has 6 unspecified atom stereocenters. The first-order valence-electron chi connectivity index (χ1n) is 40.3. The number of carbonyl (C=O) groups is 2. The SMILES string of the molecule is CCCCC(CC)COc1c2cc(-c3sc(-c4cc5c(-c6ccc(CC(CC)CCCC)s6)c6sc(-c7sc(C)c8cc(C(=O)C(CC)CCCC)sc78)cc6c(-c6ccc(CC(CC)CCCC)s6)c5s4)c4sc(C(=O)C(CC)CCCC)cc34)sc2c(OCC(CC)CCCC)c2cc(C)sc12. The molecule has 558 valence electrons. The molecule has 0 aliphatic carbocycles. The van der Waals surface area contributed by atoms with Crippen LogP contribution in [0.1, 0.15) is 276 Å². The van der Waals surface area contributed by atoms with Crippen molar-refractivity contribution >= 4 is 185 Å². The zero-order valence-electron chi connectivity index (χ0n) is 64.8. The predicted octanol–water partition coefficient (Wildman–Crippen LogP) is 33.7. The lowest BCUT2D eigenvalue weighted by Crippen LogP contribution is -2.12. The molecule has 14 heteroatoms. The third kappa shape index (κ3) is 17.1. The summed E-state index contributed by atoms with van der Waals surface area (Å²) in [5.74, 6) is 4.93. The molecule has 0 fully saturated rings. The van der Waals surface area contributed by atoms with Crippen LogP contribution in [0.25, 0.3) is 111 Å². The molecule has 10 aromatic heterocycles. The molecular formula is C90H114O4S10. The van der Waals surface area contributed by atoms with Crippen molar-refractivity contribution in [2.45, 2.75) is 264 Å². The van der Waals surface area contributed by atoms with Gasteiger partial charge in [-0.1, -0.05) is 199 Å². The average molecular weight is 1580 g/mol. The molecule has 0 N–H and O–H groups in total. The first-order valence-corrected chi connectivity index (χ1v) is 48.5. The molecular weight excluding hydrogens is 1470 g/mol. The largest absolute Gasteiger partial charge is 0.491 e. The van der Waals surface area contributed by atoms with Gasteiger partial charge < -0.3 is 9.47 Å². The Hall–Kier alpha value is -4.06. The minimum Gasteiger partial charge on any atom is -0.491 e. The monoisotopic (exact) mass is 1580 g/mol. The summed E-state index contributed by atoms with van der Waals surface area (Å²) in [6.07, 6.45) is 29.3. The molecule has 0 aliphatic heterocycles. The first-order chi connectivity index (χ1) is 50.7. The van der Waals surface area contributed by atoms with Gasteiger partial charge in [0.2, 0.25) is 0 Å². The van der Waals surface area contributed by atoms with Gasteiger partial charge >= 0.3 is 0 Å². The third-order valence-corrected chi connectivity index (χ3v) is 34.7. The van der Waals surface area contributed by atoms with Crippen molar-refractivity contribution in [1.82, 2.24) is 0 Å². The number of thiophene rings is 10. The fourth-order valence-electron chi connectivity index (χ4n) is 15.7. The van der Waals surface area contributed by atoms with Gasteiger partial charge in [0, 0.05) is 109 Å². The maximum absolute atomic E-state index is 15.3. The molecule has 12 aromatic rings. The smallest absolute Gasteiger partial charge is 0.175 e. The number of ether oxygens (including phenoxy) is 2. The normalized spacial score (nSPS) is 14.0. The lowest BCUT2D eigenvalue weighted by molar-refractivity contribution is 0.0905. The van der Waals surface area contributed by atoms with Gasteiger partial charge in [-0.2, -0.15) is 0 Å². The first kappa shape index (κ1) is 79.5. The Balaban J connectivity index is 1.11. The minimum atomic E-state index is -0.0124. The number of aryl methyl sites for hydroxylation is 2. The van der Waals surface area contributed by atoms with Crippen LogP contribution in [0.15, 0.2) is 60.7 Å². The maximum atomic E-state index is 15.3. The Morgan fingerprint density at radius 1 is 0.337 bits per heavy atom. The standard InChI is InChI=1S/C90H114O4S10/c1-15-27-33-55(21-7)44-61-39-41-69(97-61)76-64-47-74(89-87-63(54(14)96-89)46-71(99-87)78(91)59(25-11)37-31-19-5)101-83(64)77(70-42-40-62(98-70)45-56(22-8)34-28-16-2)65-48-75(102-84(65)76)90-88-68(50-72(100-88)79(92)60(26-12)38-32-20-6)82(104-90)73-49-67-81(94-52-58(24-10)36-30-18-4)85-66(43-53(13)95-85)80(86(67)103-73)93-51-57(23-9)35-29-17-3/h39-43,46-50,55-60H,15-38,44-45,51-52H2,1-14H3. The number of benzene rings is 2. The van der Waals surface area contributed by atoms with E-state index in [9.17, 15) is 4.79 Å². The van der Waals surface area contributed by atoms with Crippen molar-refractivity contribution in [1.29, 1.82) is 0 Å². The van der Waals surface area contributed by atoms with Crippen LogP contribution < -0.4 is 9.47 Å². The fourth-order valence-corrected chi connectivity index (χ4v) is 28.5. The van der Waals surface area contributed by atoms with Crippen molar-refractivity contribution in [3.63, 3.8) is 0 Å². The highest BCUT2D eigenvalue weighted by Crippen LogP contribution is 2.60. The van der Waals surface area contributed by atoms with E-state index in [1.165, 1.54) is 215 Å². The van der Waals surface area contributed by atoms with Crippen LogP contribution in [0, 0.1) is 49.4 Å². The second-order valence-corrected chi connectivity index (χ2v) is 41.1. The molecule has 6 atom stereocenters. The molecule has 2 aromatic carbocycles. The highest BCUT2D eigenvalue weighted by atomic mass is 32.1. The van der Waals surface area contributed by atoms with E-state index in [0.29, 0.717) is 48.5 Å².